The Bertz CT molecular complexity index is 689. The van der Waals surface area contributed by atoms with Crippen molar-refractivity contribution in [3.63, 3.8) is 0 Å². The van der Waals surface area contributed by atoms with Crippen LogP contribution >= 0.6 is 0 Å². The van der Waals surface area contributed by atoms with Gasteiger partial charge in [-0.15, -0.1) is 0 Å². The summed E-state index contributed by atoms with van der Waals surface area (Å²) in [4.78, 5) is 11.9. The van der Waals surface area contributed by atoms with Crippen molar-refractivity contribution in [2.75, 3.05) is 6.61 Å². The molecule has 3 nitrogen and oxygen atoms in total. The van der Waals surface area contributed by atoms with Gasteiger partial charge >= 0.3 is 5.97 Å². The lowest BCUT2D eigenvalue weighted by Gasteiger charge is -2.08. The minimum Gasteiger partial charge on any atom is -0.494 e. The Balaban J connectivity index is 1.76. The van der Waals surface area contributed by atoms with Crippen LogP contribution in [0.4, 0.5) is 0 Å². The van der Waals surface area contributed by atoms with E-state index in [1.54, 1.807) is 0 Å². The first kappa shape index (κ1) is 23.0. The Morgan fingerprint density at radius 3 is 1.76 bits per heavy atom. The van der Waals surface area contributed by atoms with Gasteiger partial charge in [0, 0.05) is 6.42 Å². The number of carbonyl (C=O) groups is 1. The van der Waals surface area contributed by atoms with E-state index in [0.717, 1.165) is 42.7 Å². The Kier molecular flexibility index (Phi) is 11.0. The standard InChI is InChI=1S/C26H36O3/c1-3-5-7-9-11-21-28-24-17-13-22(14-18-24)23-15-19-25(20-16-23)29-26(27)12-10-8-6-4-2/h13-20H,3-12,21H2,1-2H3. The first-order chi connectivity index (χ1) is 14.2. The highest BCUT2D eigenvalue weighted by atomic mass is 16.5. The fourth-order valence-electron chi connectivity index (χ4n) is 3.23. The van der Waals surface area contributed by atoms with Gasteiger partial charge in [-0.2, -0.15) is 0 Å². The molecule has 0 aliphatic carbocycles. The molecule has 0 unspecified atom stereocenters. The Labute approximate surface area is 176 Å². The van der Waals surface area contributed by atoms with Gasteiger partial charge in [-0.1, -0.05) is 83.1 Å². The van der Waals surface area contributed by atoms with Crippen LogP contribution < -0.4 is 9.47 Å². The molecule has 0 radical (unpaired) electrons. The lowest BCUT2D eigenvalue weighted by atomic mass is 10.1. The van der Waals surface area contributed by atoms with E-state index in [9.17, 15) is 4.79 Å². The maximum atomic E-state index is 11.9. The Morgan fingerprint density at radius 1 is 0.655 bits per heavy atom. The van der Waals surface area contributed by atoms with Crippen LogP contribution in [-0.4, -0.2) is 12.6 Å². The van der Waals surface area contributed by atoms with Crippen molar-refractivity contribution >= 4 is 5.97 Å². The van der Waals surface area contributed by atoms with Crippen LogP contribution in [0.15, 0.2) is 48.5 Å². The monoisotopic (exact) mass is 396 g/mol. The summed E-state index contributed by atoms with van der Waals surface area (Å²) >= 11 is 0. The number of hydrogen-bond donors (Lipinski definition) is 0. The van der Waals surface area contributed by atoms with Gasteiger partial charge in [-0.25, -0.2) is 0 Å². The van der Waals surface area contributed by atoms with E-state index < -0.39 is 0 Å². The molecule has 0 bridgehead atoms. The molecule has 158 valence electrons. The molecule has 0 aromatic heterocycles. The third-order valence-electron chi connectivity index (χ3n) is 5.02. The van der Waals surface area contributed by atoms with E-state index in [4.69, 9.17) is 9.47 Å². The van der Waals surface area contributed by atoms with Crippen molar-refractivity contribution in [3.05, 3.63) is 48.5 Å². The summed E-state index contributed by atoms with van der Waals surface area (Å²) in [5.74, 6) is 1.38. The molecular weight excluding hydrogens is 360 g/mol. The molecule has 0 atom stereocenters. The summed E-state index contributed by atoms with van der Waals surface area (Å²) in [6, 6.07) is 15.9. The van der Waals surface area contributed by atoms with E-state index in [2.05, 4.69) is 26.0 Å². The average Bonchev–Trinajstić information content (AvgIpc) is 2.75. The molecule has 0 fully saturated rings. The van der Waals surface area contributed by atoms with Crippen LogP contribution in [0.3, 0.4) is 0 Å². The van der Waals surface area contributed by atoms with Crippen LogP contribution in [0.1, 0.15) is 78.1 Å². The van der Waals surface area contributed by atoms with E-state index in [0.29, 0.717) is 12.2 Å². The molecule has 0 saturated carbocycles. The Morgan fingerprint density at radius 2 is 1.17 bits per heavy atom. The molecule has 0 N–H and O–H groups in total. The van der Waals surface area contributed by atoms with E-state index in [-0.39, 0.29) is 5.97 Å². The third-order valence-corrected chi connectivity index (χ3v) is 5.02. The Hall–Kier alpha value is -2.29. The van der Waals surface area contributed by atoms with Gasteiger partial charge in [-0.05, 0) is 48.2 Å². The van der Waals surface area contributed by atoms with Gasteiger partial charge < -0.3 is 9.47 Å². The fourth-order valence-corrected chi connectivity index (χ4v) is 3.23. The van der Waals surface area contributed by atoms with Crippen LogP contribution in [0.25, 0.3) is 11.1 Å². The lowest BCUT2D eigenvalue weighted by Crippen LogP contribution is -2.07. The SMILES string of the molecule is CCCCCCCOc1ccc(-c2ccc(OC(=O)CCCCCC)cc2)cc1. The zero-order valence-electron chi connectivity index (χ0n) is 18.1. The number of esters is 1. The number of hydrogen-bond acceptors (Lipinski definition) is 3. The summed E-state index contributed by atoms with van der Waals surface area (Å²) < 4.78 is 11.3. The average molecular weight is 397 g/mol. The molecule has 0 amide bonds. The molecule has 0 spiro atoms. The van der Waals surface area contributed by atoms with Gasteiger partial charge in [0.2, 0.25) is 0 Å². The van der Waals surface area contributed by atoms with Crippen LogP contribution in [0.2, 0.25) is 0 Å². The van der Waals surface area contributed by atoms with Crippen molar-refractivity contribution in [3.8, 4) is 22.6 Å². The second kappa shape index (κ2) is 13.8. The van der Waals surface area contributed by atoms with Crippen molar-refractivity contribution in [2.45, 2.75) is 78.1 Å². The number of rotatable bonds is 14. The van der Waals surface area contributed by atoms with Gasteiger partial charge in [0.05, 0.1) is 6.61 Å². The van der Waals surface area contributed by atoms with Crippen molar-refractivity contribution in [1.29, 1.82) is 0 Å². The molecule has 3 heteroatoms. The fraction of sp³-hybridized carbons (Fsp3) is 0.500. The number of carbonyl (C=O) groups excluding carboxylic acids is 1. The smallest absolute Gasteiger partial charge is 0.311 e. The number of ether oxygens (including phenoxy) is 2. The second-order valence-corrected chi connectivity index (χ2v) is 7.60. The largest absolute Gasteiger partial charge is 0.494 e. The lowest BCUT2D eigenvalue weighted by molar-refractivity contribution is -0.134. The molecule has 29 heavy (non-hydrogen) atoms. The first-order valence-electron chi connectivity index (χ1n) is 11.3. The van der Waals surface area contributed by atoms with E-state index in [1.165, 1.54) is 38.5 Å². The van der Waals surface area contributed by atoms with Crippen molar-refractivity contribution < 1.29 is 14.3 Å². The number of benzene rings is 2. The summed E-state index contributed by atoms with van der Waals surface area (Å²) in [6.07, 6.45) is 11.0. The van der Waals surface area contributed by atoms with Crippen LogP contribution in [0, 0.1) is 0 Å². The summed E-state index contributed by atoms with van der Waals surface area (Å²) in [7, 11) is 0. The minimum absolute atomic E-state index is 0.148. The van der Waals surface area contributed by atoms with E-state index >= 15 is 0 Å². The van der Waals surface area contributed by atoms with Gasteiger partial charge in [-0.3, -0.25) is 4.79 Å². The topological polar surface area (TPSA) is 35.5 Å². The highest BCUT2D eigenvalue weighted by molar-refractivity contribution is 5.73. The summed E-state index contributed by atoms with van der Waals surface area (Å²) in [5.41, 5.74) is 2.22. The normalized spacial score (nSPS) is 10.7. The molecule has 0 aliphatic rings. The highest BCUT2D eigenvalue weighted by Crippen LogP contribution is 2.25. The second-order valence-electron chi connectivity index (χ2n) is 7.60. The quantitative estimate of drug-likeness (QED) is 0.187. The predicted octanol–water partition coefficient (Wildman–Crippen LogP) is 7.58. The van der Waals surface area contributed by atoms with Gasteiger partial charge in [0.1, 0.15) is 11.5 Å². The van der Waals surface area contributed by atoms with Crippen LogP contribution in [0.5, 0.6) is 11.5 Å². The zero-order chi connectivity index (χ0) is 20.7. The molecule has 2 aromatic carbocycles. The molecule has 2 rings (SSSR count). The van der Waals surface area contributed by atoms with E-state index in [1.807, 2.05) is 36.4 Å². The molecule has 0 aliphatic heterocycles. The molecule has 0 heterocycles. The number of unbranched alkanes of at least 4 members (excludes halogenated alkanes) is 7. The first-order valence-corrected chi connectivity index (χ1v) is 11.3. The minimum atomic E-state index is -0.148. The highest BCUT2D eigenvalue weighted by Gasteiger charge is 2.05. The summed E-state index contributed by atoms with van der Waals surface area (Å²) in [6.45, 7) is 5.17. The molecule has 0 saturated heterocycles. The predicted molar refractivity (Wildman–Crippen MR) is 121 cm³/mol. The molecule has 2 aromatic rings. The summed E-state index contributed by atoms with van der Waals surface area (Å²) in [5, 5.41) is 0. The maximum absolute atomic E-state index is 11.9. The maximum Gasteiger partial charge on any atom is 0.311 e. The third kappa shape index (κ3) is 9.17. The van der Waals surface area contributed by atoms with Gasteiger partial charge in [0.25, 0.3) is 0 Å². The van der Waals surface area contributed by atoms with Crippen LogP contribution in [-0.2, 0) is 4.79 Å². The molecular formula is C26H36O3. The van der Waals surface area contributed by atoms with Crippen molar-refractivity contribution in [1.82, 2.24) is 0 Å². The van der Waals surface area contributed by atoms with Crippen molar-refractivity contribution in [2.24, 2.45) is 0 Å². The van der Waals surface area contributed by atoms with Gasteiger partial charge in [0.15, 0.2) is 0 Å². The zero-order valence-corrected chi connectivity index (χ0v) is 18.1.